The largest absolute Gasteiger partial charge is 0.335 e. The molecule has 1 rings (SSSR count). The molecular formula is C12H14BrCl2NO. The third kappa shape index (κ3) is 3.87. The molecule has 0 unspecified atom stereocenters. The van der Waals surface area contributed by atoms with Crippen LogP contribution in [0.4, 0.5) is 0 Å². The molecule has 0 fully saturated rings. The first kappa shape index (κ1) is 14.8. The molecule has 0 heterocycles. The maximum Gasteiger partial charge on any atom is 0.255 e. The molecule has 0 atom stereocenters. The Labute approximate surface area is 120 Å². The van der Waals surface area contributed by atoms with Crippen molar-refractivity contribution >= 4 is 45.0 Å². The van der Waals surface area contributed by atoms with E-state index in [0.29, 0.717) is 23.0 Å². The van der Waals surface area contributed by atoms with Crippen molar-refractivity contribution in [2.24, 2.45) is 0 Å². The van der Waals surface area contributed by atoms with Gasteiger partial charge < -0.3 is 4.90 Å². The second-order valence-corrected chi connectivity index (χ2v) is 5.61. The van der Waals surface area contributed by atoms with Gasteiger partial charge in [-0.2, -0.15) is 0 Å². The van der Waals surface area contributed by atoms with E-state index in [1.807, 2.05) is 13.8 Å². The molecule has 0 saturated heterocycles. The molecule has 0 bridgehead atoms. The Balaban J connectivity index is 3.04. The first-order valence-electron chi connectivity index (χ1n) is 5.29. The highest BCUT2D eigenvalue weighted by Crippen LogP contribution is 2.23. The molecule has 5 heteroatoms. The minimum absolute atomic E-state index is 0.0908. The van der Waals surface area contributed by atoms with Crippen LogP contribution < -0.4 is 0 Å². The average molecular weight is 339 g/mol. The second kappa shape index (κ2) is 6.62. The number of hydrogen-bond donors (Lipinski definition) is 0. The molecule has 94 valence electrons. The summed E-state index contributed by atoms with van der Waals surface area (Å²) >= 11 is 15.1. The lowest BCUT2D eigenvalue weighted by atomic mass is 10.1. The van der Waals surface area contributed by atoms with Crippen LogP contribution in [0.5, 0.6) is 0 Å². The molecule has 0 saturated carbocycles. The van der Waals surface area contributed by atoms with Gasteiger partial charge in [-0.15, -0.1) is 11.6 Å². The summed E-state index contributed by atoms with van der Waals surface area (Å²) in [5, 5.41) is 0.457. The number of rotatable bonds is 4. The zero-order chi connectivity index (χ0) is 13.0. The highest BCUT2D eigenvalue weighted by molar-refractivity contribution is 9.10. The van der Waals surface area contributed by atoms with Gasteiger partial charge >= 0.3 is 0 Å². The third-order valence-electron chi connectivity index (χ3n) is 2.37. The predicted octanol–water partition coefficient (Wildman–Crippen LogP) is 4.19. The van der Waals surface area contributed by atoms with Gasteiger partial charge in [-0.3, -0.25) is 4.79 Å². The number of hydrogen-bond acceptors (Lipinski definition) is 1. The normalized spacial score (nSPS) is 10.7. The Bertz CT molecular complexity index is 409. The van der Waals surface area contributed by atoms with Crippen LogP contribution in [-0.2, 0) is 0 Å². The zero-order valence-electron chi connectivity index (χ0n) is 9.71. The summed E-state index contributed by atoms with van der Waals surface area (Å²) in [6.45, 7) is 4.42. The van der Waals surface area contributed by atoms with E-state index in [1.54, 1.807) is 23.1 Å². The highest BCUT2D eigenvalue weighted by Gasteiger charge is 2.20. The Morgan fingerprint density at radius 1 is 1.47 bits per heavy atom. The van der Waals surface area contributed by atoms with E-state index in [4.69, 9.17) is 23.2 Å². The van der Waals surface area contributed by atoms with Crippen molar-refractivity contribution in [2.45, 2.75) is 19.9 Å². The summed E-state index contributed by atoms with van der Waals surface area (Å²) in [5.74, 6) is 0.321. The molecular weight excluding hydrogens is 325 g/mol. The quantitative estimate of drug-likeness (QED) is 0.754. The summed E-state index contributed by atoms with van der Waals surface area (Å²) in [5.41, 5.74) is 0.500. The first-order valence-corrected chi connectivity index (χ1v) is 7.00. The molecule has 0 radical (unpaired) electrons. The number of halogens is 3. The summed E-state index contributed by atoms with van der Waals surface area (Å²) in [7, 11) is 0. The molecule has 0 aliphatic rings. The van der Waals surface area contributed by atoms with Crippen molar-refractivity contribution in [3.8, 4) is 0 Å². The van der Waals surface area contributed by atoms with E-state index in [2.05, 4.69) is 15.9 Å². The van der Waals surface area contributed by atoms with E-state index < -0.39 is 0 Å². The van der Waals surface area contributed by atoms with Gasteiger partial charge in [0, 0.05) is 22.9 Å². The SMILES string of the molecule is CC(C)N(CCCl)C(=O)c1cc(Br)ccc1Cl. The van der Waals surface area contributed by atoms with Crippen LogP contribution in [0.2, 0.25) is 5.02 Å². The molecule has 0 spiro atoms. The van der Waals surface area contributed by atoms with Crippen LogP contribution in [0, 0.1) is 0 Å². The fraction of sp³-hybridized carbons (Fsp3) is 0.417. The number of carbonyl (C=O) groups is 1. The maximum absolute atomic E-state index is 12.3. The standard InChI is InChI=1S/C12H14BrCl2NO/c1-8(2)16(6-5-14)12(17)10-7-9(13)3-4-11(10)15/h3-4,7-8H,5-6H2,1-2H3. The Morgan fingerprint density at radius 3 is 2.65 bits per heavy atom. The number of carbonyl (C=O) groups excluding carboxylic acids is 1. The minimum atomic E-state index is -0.0908. The van der Waals surface area contributed by atoms with Crippen LogP contribution in [0.3, 0.4) is 0 Å². The Hall–Kier alpha value is -0.250. The summed E-state index contributed by atoms with van der Waals surface area (Å²) in [6.07, 6.45) is 0. The maximum atomic E-state index is 12.3. The lowest BCUT2D eigenvalue weighted by Crippen LogP contribution is -2.38. The zero-order valence-corrected chi connectivity index (χ0v) is 12.8. The smallest absolute Gasteiger partial charge is 0.255 e. The van der Waals surface area contributed by atoms with Gasteiger partial charge in [0.1, 0.15) is 0 Å². The van der Waals surface area contributed by atoms with Crippen LogP contribution in [0.1, 0.15) is 24.2 Å². The number of benzene rings is 1. The summed E-state index contributed by atoms with van der Waals surface area (Å²) < 4.78 is 0.833. The molecule has 1 aromatic rings. The van der Waals surface area contributed by atoms with E-state index in [0.717, 1.165) is 4.47 Å². The first-order chi connectivity index (χ1) is 7.97. The molecule has 0 aliphatic carbocycles. The summed E-state index contributed by atoms with van der Waals surface area (Å²) in [6, 6.07) is 5.34. The van der Waals surface area contributed by atoms with E-state index >= 15 is 0 Å². The second-order valence-electron chi connectivity index (χ2n) is 3.91. The van der Waals surface area contributed by atoms with Crippen molar-refractivity contribution < 1.29 is 4.79 Å². The Kier molecular flexibility index (Phi) is 5.77. The fourth-order valence-electron chi connectivity index (χ4n) is 1.50. The van der Waals surface area contributed by atoms with Gasteiger partial charge in [-0.1, -0.05) is 27.5 Å². The predicted molar refractivity (Wildman–Crippen MR) is 76.0 cm³/mol. The molecule has 1 amide bonds. The molecule has 0 N–H and O–H groups in total. The van der Waals surface area contributed by atoms with Crippen molar-refractivity contribution in [2.75, 3.05) is 12.4 Å². The molecule has 0 aliphatic heterocycles. The summed E-state index contributed by atoms with van der Waals surface area (Å²) in [4.78, 5) is 14.0. The molecule has 1 aromatic carbocycles. The van der Waals surface area contributed by atoms with E-state index in [1.165, 1.54) is 0 Å². The molecule has 17 heavy (non-hydrogen) atoms. The molecule has 0 aromatic heterocycles. The number of amides is 1. The Morgan fingerprint density at radius 2 is 2.12 bits per heavy atom. The van der Waals surface area contributed by atoms with Gasteiger partial charge in [0.2, 0.25) is 0 Å². The third-order valence-corrected chi connectivity index (χ3v) is 3.36. The van der Waals surface area contributed by atoms with Crippen LogP contribution in [0.15, 0.2) is 22.7 Å². The van der Waals surface area contributed by atoms with Gasteiger partial charge in [-0.25, -0.2) is 0 Å². The van der Waals surface area contributed by atoms with Crippen molar-refractivity contribution in [1.82, 2.24) is 4.90 Å². The van der Waals surface area contributed by atoms with Gasteiger partial charge in [0.25, 0.3) is 5.91 Å². The topological polar surface area (TPSA) is 20.3 Å². The molecule has 2 nitrogen and oxygen atoms in total. The van der Waals surface area contributed by atoms with Crippen molar-refractivity contribution in [1.29, 1.82) is 0 Å². The lowest BCUT2D eigenvalue weighted by Gasteiger charge is -2.26. The van der Waals surface area contributed by atoms with Crippen molar-refractivity contribution in [3.63, 3.8) is 0 Å². The van der Waals surface area contributed by atoms with Crippen molar-refractivity contribution in [3.05, 3.63) is 33.3 Å². The minimum Gasteiger partial charge on any atom is -0.335 e. The van der Waals surface area contributed by atoms with E-state index in [-0.39, 0.29) is 11.9 Å². The highest BCUT2D eigenvalue weighted by atomic mass is 79.9. The van der Waals surface area contributed by atoms with E-state index in [9.17, 15) is 4.79 Å². The van der Waals surface area contributed by atoms with Crippen LogP contribution in [0.25, 0.3) is 0 Å². The number of nitrogens with zero attached hydrogens (tertiary/aromatic N) is 1. The monoisotopic (exact) mass is 337 g/mol. The number of alkyl halides is 1. The fourth-order valence-corrected chi connectivity index (χ4v) is 2.24. The van der Waals surface area contributed by atoms with Crippen LogP contribution >= 0.6 is 39.1 Å². The van der Waals surface area contributed by atoms with Gasteiger partial charge in [-0.05, 0) is 32.0 Å². The lowest BCUT2D eigenvalue weighted by molar-refractivity contribution is 0.0718. The van der Waals surface area contributed by atoms with Gasteiger partial charge in [0.05, 0.1) is 10.6 Å². The van der Waals surface area contributed by atoms with Crippen LogP contribution in [-0.4, -0.2) is 29.3 Å². The average Bonchev–Trinajstić information content (AvgIpc) is 2.28. The van der Waals surface area contributed by atoms with Gasteiger partial charge in [0.15, 0.2) is 0 Å².